The highest BCUT2D eigenvalue weighted by Crippen LogP contribution is 2.40. The van der Waals surface area contributed by atoms with Gasteiger partial charge >= 0.3 is 0 Å². The summed E-state index contributed by atoms with van der Waals surface area (Å²) < 4.78 is 33.5. The van der Waals surface area contributed by atoms with Crippen molar-refractivity contribution in [3.8, 4) is 11.3 Å². The van der Waals surface area contributed by atoms with Gasteiger partial charge in [-0.25, -0.2) is 13.4 Å². The second kappa shape index (κ2) is 7.31. The molecule has 7 heteroatoms. The Hall–Kier alpha value is -2.64. The number of benzene rings is 2. The Balaban J connectivity index is 1.28. The summed E-state index contributed by atoms with van der Waals surface area (Å²) in [5.41, 5.74) is 1.98. The molecule has 0 unspecified atom stereocenters. The zero-order valence-electron chi connectivity index (χ0n) is 16.1. The molecule has 0 amide bonds. The van der Waals surface area contributed by atoms with E-state index in [1.165, 1.54) is 0 Å². The number of para-hydroxylation sites is 1. The molecule has 5 rings (SSSR count). The molecule has 2 aliphatic rings. The maximum Gasteiger partial charge on any atom is 0.243 e. The summed E-state index contributed by atoms with van der Waals surface area (Å²) in [6, 6.07) is 17.0. The van der Waals surface area contributed by atoms with Gasteiger partial charge in [0.1, 0.15) is 0 Å². The molecule has 6 nitrogen and oxygen atoms in total. The van der Waals surface area contributed by atoms with Crippen LogP contribution in [0.2, 0.25) is 0 Å². The van der Waals surface area contributed by atoms with Gasteiger partial charge in [-0.2, -0.15) is 4.31 Å². The molecule has 2 fully saturated rings. The Morgan fingerprint density at radius 1 is 0.897 bits per heavy atom. The zero-order chi connectivity index (χ0) is 19.8. The normalized spacial score (nSPS) is 18.1. The van der Waals surface area contributed by atoms with Crippen molar-refractivity contribution >= 4 is 15.7 Å². The van der Waals surface area contributed by atoms with E-state index in [-0.39, 0.29) is 0 Å². The van der Waals surface area contributed by atoms with Gasteiger partial charge in [-0.05, 0) is 49.2 Å². The molecule has 1 aliphatic carbocycles. The molecule has 0 N–H and O–H groups in total. The van der Waals surface area contributed by atoms with Crippen LogP contribution < -0.4 is 4.90 Å². The fourth-order valence-corrected chi connectivity index (χ4v) is 5.13. The molecule has 1 saturated heterocycles. The minimum atomic E-state index is -3.50. The minimum absolute atomic E-state index is 0.316. The van der Waals surface area contributed by atoms with Gasteiger partial charge in [-0.1, -0.05) is 18.2 Å². The lowest BCUT2D eigenvalue weighted by Gasteiger charge is -2.35. The van der Waals surface area contributed by atoms with E-state index in [2.05, 4.69) is 22.0 Å². The number of hydrogen-bond acceptors (Lipinski definition) is 5. The minimum Gasteiger partial charge on any atom is -0.440 e. The predicted molar refractivity (Wildman–Crippen MR) is 111 cm³/mol. The highest BCUT2D eigenvalue weighted by Gasteiger charge is 2.30. The smallest absolute Gasteiger partial charge is 0.243 e. The van der Waals surface area contributed by atoms with E-state index in [0.29, 0.717) is 42.8 Å². The number of nitrogens with zero attached hydrogens (tertiary/aromatic N) is 3. The Morgan fingerprint density at radius 3 is 2.24 bits per heavy atom. The van der Waals surface area contributed by atoms with Crippen LogP contribution >= 0.6 is 0 Å². The first-order valence-electron chi connectivity index (χ1n) is 9.97. The molecule has 1 saturated carbocycles. The van der Waals surface area contributed by atoms with Crippen LogP contribution in [-0.4, -0.2) is 43.9 Å². The quantitative estimate of drug-likeness (QED) is 0.642. The molecule has 150 valence electrons. The number of hydrogen-bond donors (Lipinski definition) is 0. The van der Waals surface area contributed by atoms with Crippen molar-refractivity contribution in [2.45, 2.75) is 23.7 Å². The summed E-state index contributed by atoms with van der Waals surface area (Å²) in [4.78, 5) is 6.87. The van der Waals surface area contributed by atoms with Gasteiger partial charge in [0.15, 0.2) is 11.7 Å². The lowest BCUT2D eigenvalue weighted by molar-refractivity contribution is 0.385. The molecule has 0 bridgehead atoms. The second-order valence-corrected chi connectivity index (χ2v) is 9.53. The van der Waals surface area contributed by atoms with Crippen molar-refractivity contribution in [3.63, 3.8) is 0 Å². The fraction of sp³-hybridized carbons (Fsp3) is 0.318. The third kappa shape index (κ3) is 3.68. The molecule has 2 aromatic carbocycles. The van der Waals surface area contributed by atoms with Gasteiger partial charge in [0.2, 0.25) is 10.0 Å². The van der Waals surface area contributed by atoms with Crippen molar-refractivity contribution in [1.29, 1.82) is 0 Å². The topological polar surface area (TPSA) is 66.7 Å². The highest BCUT2D eigenvalue weighted by molar-refractivity contribution is 7.89. The molecular weight excluding hydrogens is 386 g/mol. The highest BCUT2D eigenvalue weighted by atomic mass is 32.2. The van der Waals surface area contributed by atoms with Crippen LogP contribution in [0, 0.1) is 0 Å². The van der Waals surface area contributed by atoms with Gasteiger partial charge in [0, 0.05) is 43.3 Å². The Kier molecular flexibility index (Phi) is 4.64. The van der Waals surface area contributed by atoms with E-state index < -0.39 is 10.0 Å². The predicted octanol–water partition coefficient (Wildman–Crippen LogP) is 3.73. The second-order valence-electron chi connectivity index (χ2n) is 7.59. The lowest BCUT2D eigenvalue weighted by Crippen LogP contribution is -2.48. The third-order valence-corrected chi connectivity index (χ3v) is 7.50. The van der Waals surface area contributed by atoms with Crippen molar-refractivity contribution < 1.29 is 12.8 Å². The average Bonchev–Trinajstić information content (AvgIpc) is 3.51. The van der Waals surface area contributed by atoms with E-state index in [9.17, 15) is 8.42 Å². The van der Waals surface area contributed by atoms with Crippen LogP contribution in [0.25, 0.3) is 11.3 Å². The largest absolute Gasteiger partial charge is 0.440 e. The first-order chi connectivity index (χ1) is 14.1. The molecule has 2 heterocycles. The first-order valence-corrected chi connectivity index (χ1v) is 11.4. The molecule has 1 aromatic heterocycles. The van der Waals surface area contributed by atoms with E-state index in [1.807, 2.05) is 18.2 Å². The van der Waals surface area contributed by atoms with E-state index in [0.717, 1.165) is 30.0 Å². The Labute approximate surface area is 170 Å². The maximum absolute atomic E-state index is 13.1. The van der Waals surface area contributed by atoms with Gasteiger partial charge in [-0.3, -0.25) is 0 Å². The number of anilines is 1. The maximum atomic E-state index is 13.1. The summed E-state index contributed by atoms with van der Waals surface area (Å²) in [5, 5.41) is 0. The lowest BCUT2D eigenvalue weighted by atomic mass is 10.2. The van der Waals surface area contributed by atoms with Gasteiger partial charge in [0.25, 0.3) is 0 Å². The monoisotopic (exact) mass is 409 g/mol. The van der Waals surface area contributed by atoms with Gasteiger partial charge in [-0.15, -0.1) is 0 Å². The SMILES string of the molecule is O=S(=O)(c1ccc(-c2cnc(C3CC3)o2)cc1)N1CCN(c2ccccc2)CC1. The van der Waals surface area contributed by atoms with Crippen molar-refractivity contribution in [2.75, 3.05) is 31.1 Å². The zero-order valence-corrected chi connectivity index (χ0v) is 16.9. The molecular formula is C22H23N3O3S. The van der Waals surface area contributed by atoms with Crippen LogP contribution in [-0.2, 0) is 10.0 Å². The molecule has 1 aliphatic heterocycles. The first kappa shape index (κ1) is 18.4. The Bertz CT molecular complexity index is 1080. The number of sulfonamides is 1. The van der Waals surface area contributed by atoms with Crippen LogP contribution in [0.5, 0.6) is 0 Å². The third-order valence-electron chi connectivity index (χ3n) is 5.59. The molecule has 0 radical (unpaired) electrons. The van der Waals surface area contributed by atoms with Crippen LogP contribution in [0.3, 0.4) is 0 Å². The van der Waals surface area contributed by atoms with Crippen LogP contribution in [0.4, 0.5) is 5.69 Å². The average molecular weight is 410 g/mol. The Morgan fingerprint density at radius 2 is 1.59 bits per heavy atom. The fourth-order valence-electron chi connectivity index (χ4n) is 3.71. The number of oxazole rings is 1. The van der Waals surface area contributed by atoms with Gasteiger partial charge < -0.3 is 9.32 Å². The van der Waals surface area contributed by atoms with Crippen LogP contribution in [0.1, 0.15) is 24.7 Å². The molecule has 0 spiro atoms. The van der Waals surface area contributed by atoms with Crippen molar-refractivity contribution in [3.05, 3.63) is 66.7 Å². The summed E-state index contributed by atoms with van der Waals surface area (Å²) in [5.74, 6) is 1.93. The van der Waals surface area contributed by atoms with Gasteiger partial charge in [0.05, 0.1) is 11.1 Å². The van der Waals surface area contributed by atoms with E-state index >= 15 is 0 Å². The van der Waals surface area contributed by atoms with Crippen LogP contribution in [0.15, 0.2) is 70.1 Å². The summed E-state index contributed by atoms with van der Waals surface area (Å²) >= 11 is 0. The van der Waals surface area contributed by atoms with Crippen molar-refractivity contribution in [1.82, 2.24) is 9.29 Å². The number of rotatable bonds is 5. The molecule has 29 heavy (non-hydrogen) atoms. The number of piperazine rings is 1. The van der Waals surface area contributed by atoms with E-state index in [4.69, 9.17) is 4.42 Å². The summed E-state index contributed by atoms with van der Waals surface area (Å²) in [6.07, 6.45) is 3.99. The summed E-state index contributed by atoms with van der Waals surface area (Å²) in [7, 11) is -3.50. The summed E-state index contributed by atoms with van der Waals surface area (Å²) in [6.45, 7) is 2.32. The molecule has 3 aromatic rings. The van der Waals surface area contributed by atoms with Crippen molar-refractivity contribution in [2.24, 2.45) is 0 Å². The molecule has 0 atom stereocenters. The standard InChI is InChI=1S/C22H23N3O3S/c26-29(27,25-14-12-24(13-15-25)19-4-2-1-3-5-19)20-10-8-17(9-11-20)21-16-23-22(28-21)18-6-7-18/h1-5,8-11,16,18H,6-7,12-15H2. The van der Waals surface area contributed by atoms with E-state index in [1.54, 1.807) is 34.8 Å². The number of aromatic nitrogens is 1.